The van der Waals surface area contributed by atoms with Gasteiger partial charge in [-0.1, -0.05) is 12.1 Å². The van der Waals surface area contributed by atoms with Crippen LogP contribution >= 0.6 is 0 Å². The van der Waals surface area contributed by atoms with Crippen molar-refractivity contribution in [3.63, 3.8) is 0 Å². The van der Waals surface area contributed by atoms with Crippen molar-refractivity contribution in [2.75, 3.05) is 24.5 Å². The second kappa shape index (κ2) is 7.61. The van der Waals surface area contributed by atoms with Crippen LogP contribution in [0.5, 0.6) is 0 Å². The molecule has 1 atom stereocenters. The number of imidazole rings is 1. The van der Waals surface area contributed by atoms with Crippen molar-refractivity contribution >= 4 is 5.69 Å². The highest BCUT2D eigenvalue weighted by Gasteiger charge is 2.21. The third-order valence-corrected chi connectivity index (χ3v) is 5.62. The molecule has 0 radical (unpaired) electrons. The minimum absolute atomic E-state index is 0.551. The van der Waals surface area contributed by atoms with Crippen LogP contribution in [0, 0.1) is 6.92 Å². The summed E-state index contributed by atoms with van der Waals surface area (Å²) < 4.78 is 2.35. The summed E-state index contributed by atoms with van der Waals surface area (Å²) in [6.07, 6.45) is 8.76. The first-order chi connectivity index (χ1) is 12.3. The summed E-state index contributed by atoms with van der Waals surface area (Å²) >= 11 is 0. The number of hydrogen-bond acceptors (Lipinski definition) is 3. The number of rotatable bonds is 5. The Morgan fingerprint density at radius 2 is 1.84 bits per heavy atom. The summed E-state index contributed by atoms with van der Waals surface area (Å²) in [6, 6.07) is 9.14. The smallest absolute Gasteiger partial charge is 0.113 e. The molecule has 1 fully saturated rings. The maximum atomic E-state index is 4.74. The monoisotopic (exact) mass is 338 g/mol. The van der Waals surface area contributed by atoms with Crippen LogP contribution < -0.4 is 10.2 Å². The quantitative estimate of drug-likeness (QED) is 0.899. The van der Waals surface area contributed by atoms with E-state index >= 15 is 0 Å². The number of nitrogens with zero attached hydrogens (tertiary/aromatic N) is 3. The lowest BCUT2D eigenvalue weighted by molar-refractivity contribution is 0.423. The number of aryl methyl sites for hydroxylation is 2. The first kappa shape index (κ1) is 16.6. The van der Waals surface area contributed by atoms with Crippen LogP contribution in [0.4, 0.5) is 5.69 Å². The van der Waals surface area contributed by atoms with Crippen LogP contribution in [-0.4, -0.2) is 29.2 Å². The van der Waals surface area contributed by atoms with Gasteiger partial charge in [-0.2, -0.15) is 0 Å². The Morgan fingerprint density at radius 3 is 2.64 bits per heavy atom. The third-order valence-electron chi connectivity index (χ3n) is 5.62. The molecule has 0 unspecified atom stereocenters. The van der Waals surface area contributed by atoms with Gasteiger partial charge in [-0.15, -0.1) is 0 Å². The summed E-state index contributed by atoms with van der Waals surface area (Å²) in [7, 11) is 0. The summed E-state index contributed by atoms with van der Waals surface area (Å²) in [5.41, 5.74) is 3.90. The summed E-state index contributed by atoms with van der Waals surface area (Å²) in [6.45, 7) is 7.61. The van der Waals surface area contributed by atoms with Gasteiger partial charge < -0.3 is 14.8 Å². The standard InChI is InChI=1S/C21H30N4/c1-17-16-25-13-5-6-19(21(25)23-17)15-22-14-18-7-9-20(10-8-18)24-11-3-2-4-12-24/h7-10,16,19,22H,2-6,11-15H2,1H3/t19-/m1/s1. The van der Waals surface area contributed by atoms with Gasteiger partial charge in [-0.3, -0.25) is 0 Å². The molecule has 2 aromatic rings. The van der Waals surface area contributed by atoms with Crippen LogP contribution in [0.25, 0.3) is 0 Å². The minimum Gasteiger partial charge on any atom is -0.372 e. The molecule has 1 N–H and O–H groups in total. The molecule has 1 saturated heterocycles. The highest BCUT2D eigenvalue weighted by atomic mass is 15.1. The van der Waals surface area contributed by atoms with Gasteiger partial charge in [0, 0.05) is 50.5 Å². The molecule has 4 rings (SSSR count). The predicted octanol–water partition coefficient (Wildman–Crippen LogP) is 3.85. The average Bonchev–Trinajstić information content (AvgIpc) is 3.04. The van der Waals surface area contributed by atoms with Crippen LogP contribution in [0.2, 0.25) is 0 Å². The van der Waals surface area contributed by atoms with Crippen LogP contribution in [-0.2, 0) is 13.1 Å². The lowest BCUT2D eigenvalue weighted by Crippen LogP contribution is -2.29. The van der Waals surface area contributed by atoms with E-state index in [0.29, 0.717) is 5.92 Å². The molecule has 0 aliphatic carbocycles. The van der Waals surface area contributed by atoms with Crippen LogP contribution in [0.3, 0.4) is 0 Å². The lowest BCUT2D eigenvalue weighted by atomic mass is 9.99. The molecule has 4 nitrogen and oxygen atoms in total. The van der Waals surface area contributed by atoms with Crippen LogP contribution in [0.15, 0.2) is 30.5 Å². The van der Waals surface area contributed by atoms with Crippen molar-refractivity contribution < 1.29 is 0 Å². The zero-order valence-electron chi connectivity index (χ0n) is 15.4. The van der Waals surface area contributed by atoms with E-state index in [1.165, 1.54) is 62.3 Å². The second-order valence-corrected chi connectivity index (χ2v) is 7.62. The van der Waals surface area contributed by atoms with Crippen molar-refractivity contribution in [3.05, 3.63) is 47.5 Å². The number of benzene rings is 1. The van der Waals surface area contributed by atoms with Crippen molar-refractivity contribution in [3.8, 4) is 0 Å². The Bertz CT molecular complexity index is 682. The van der Waals surface area contributed by atoms with Crippen molar-refractivity contribution in [1.82, 2.24) is 14.9 Å². The Hall–Kier alpha value is -1.81. The van der Waals surface area contributed by atoms with Gasteiger partial charge in [0.2, 0.25) is 0 Å². The van der Waals surface area contributed by atoms with E-state index in [9.17, 15) is 0 Å². The van der Waals surface area contributed by atoms with Gasteiger partial charge in [-0.25, -0.2) is 4.98 Å². The molecular weight excluding hydrogens is 308 g/mol. The summed E-state index contributed by atoms with van der Waals surface area (Å²) in [5.74, 6) is 1.83. The molecule has 25 heavy (non-hydrogen) atoms. The normalized spacial score (nSPS) is 20.5. The summed E-state index contributed by atoms with van der Waals surface area (Å²) in [4.78, 5) is 7.26. The Balaban J connectivity index is 1.30. The first-order valence-electron chi connectivity index (χ1n) is 9.88. The fourth-order valence-corrected chi connectivity index (χ4v) is 4.27. The molecule has 0 amide bonds. The summed E-state index contributed by atoms with van der Waals surface area (Å²) in [5, 5.41) is 3.65. The van der Waals surface area contributed by atoms with Gasteiger partial charge in [0.1, 0.15) is 5.82 Å². The van der Waals surface area contributed by atoms with Gasteiger partial charge in [-0.05, 0) is 56.7 Å². The zero-order valence-corrected chi connectivity index (χ0v) is 15.4. The molecule has 0 saturated carbocycles. The third kappa shape index (κ3) is 3.90. The number of piperidine rings is 1. The molecule has 1 aromatic carbocycles. The van der Waals surface area contributed by atoms with E-state index in [-0.39, 0.29) is 0 Å². The van der Waals surface area contributed by atoms with Crippen molar-refractivity contribution in [2.24, 2.45) is 0 Å². The SMILES string of the molecule is Cc1cn2c(n1)[C@@H](CNCc1ccc(N3CCCCC3)cc1)CCC2. The minimum atomic E-state index is 0.551. The van der Waals surface area contributed by atoms with Crippen LogP contribution in [0.1, 0.15) is 55.1 Å². The molecular formula is C21H30N4. The number of anilines is 1. The molecule has 134 valence electrons. The number of fused-ring (bicyclic) bond motifs is 1. The number of nitrogens with one attached hydrogen (secondary N) is 1. The van der Waals surface area contributed by atoms with Crippen molar-refractivity contribution in [2.45, 2.75) is 58.0 Å². The van der Waals surface area contributed by atoms with E-state index < -0.39 is 0 Å². The number of hydrogen-bond donors (Lipinski definition) is 1. The largest absolute Gasteiger partial charge is 0.372 e. The highest BCUT2D eigenvalue weighted by Crippen LogP contribution is 2.26. The fraction of sp³-hybridized carbons (Fsp3) is 0.571. The van der Waals surface area contributed by atoms with Gasteiger partial charge in [0.25, 0.3) is 0 Å². The Labute approximate surface area is 151 Å². The van der Waals surface area contributed by atoms with Gasteiger partial charge >= 0.3 is 0 Å². The van der Waals surface area contributed by atoms with Crippen molar-refractivity contribution in [1.29, 1.82) is 0 Å². The molecule has 4 heteroatoms. The van der Waals surface area contributed by atoms with E-state index in [2.05, 4.69) is 52.2 Å². The second-order valence-electron chi connectivity index (χ2n) is 7.62. The molecule has 2 aliphatic heterocycles. The molecule has 2 aliphatic rings. The maximum absolute atomic E-state index is 4.74. The average molecular weight is 338 g/mol. The predicted molar refractivity (Wildman–Crippen MR) is 103 cm³/mol. The zero-order chi connectivity index (χ0) is 17.1. The van der Waals surface area contributed by atoms with E-state index in [0.717, 1.165) is 25.3 Å². The molecule has 3 heterocycles. The highest BCUT2D eigenvalue weighted by molar-refractivity contribution is 5.47. The maximum Gasteiger partial charge on any atom is 0.113 e. The topological polar surface area (TPSA) is 33.1 Å². The molecule has 0 spiro atoms. The van der Waals surface area contributed by atoms with Gasteiger partial charge in [0.05, 0.1) is 5.69 Å². The van der Waals surface area contributed by atoms with Gasteiger partial charge in [0.15, 0.2) is 0 Å². The number of aromatic nitrogens is 2. The van der Waals surface area contributed by atoms with E-state index in [1.807, 2.05) is 0 Å². The Kier molecular flexibility index (Phi) is 5.07. The molecule has 1 aromatic heterocycles. The van der Waals surface area contributed by atoms with E-state index in [4.69, 9.17) is 4.98 Å². The first-order valence-corrected chi connectivity index (χ1v) is 9.88. The molecule has 0 bridgehead atoms. The Morgan fingerprint density at radius 1 is 1.04 bits per heavy atom. The lowest BCUT2D eigenvalue weighted by Gasteiger charge is -2.29. The van der Waals surface area contributed by atoms with E-state index in [1.54, 1.807) is 0 Å². The fourth-order valence-electron chi connectivity index (χ4n) is 4.27.